The van der Waals surface area contributed by atoms with Gasteiger partial charge in [0.1, 0.15) is 0 Å². The van der Waals surface area contributed by atoms with Crippen LogP contribution in [0.25, 0.3) is 0 Å². The highest BCUT2D eigenvalue weighted by molar-refractivity contribution is 7.87. The first-order valence-corrected chi connectivity index (χ1v) is 11.0. The first-order valence-electron chi connectivity index (χ1n) is 9.57. The van der Waals surface area contributed by atoms with Crippen LogP contribution in [0.5, 0.6) is 11.5 Å². The van der Waals surface area contributed by atoms with Crippen molar-refractivity contribution in [3.8, 4) is 11.5 Å². The van der Waals surface area contributed by atoms with E-state index in [1.54, 1.807) is 36.9 Å². The van der Waals surface area contributed by atoms with Crippen LogP contribution in [-0.4, -0.2) is 69.3 Å². The highest BCUT2D eigenvalue weighted by Crippen LogP contribution is 2.30. The van der Waals surface area contributed by atoms with Crippen molar-refractivity contribution < 1.29 is 22.1 Å². The molecule has 0 aromatic heterocycles. The molecule has 0 spiro atoms. The lowest BCUT2D eigenvalue weighted by molar-refractivity contribution is 0.180. The number of methoxy groups -OCH3 is 1. The summed E-state index contributed by atoms with van der Waals surface area (Å²) in [5, 5.41) is 2.28. The Morgan fingerprint density at radius 3 is 2.24 bits per heavy atom. The summed E-state index contributed by atoms with van der Waals surface area (Å²) in [5.74, 6) is 0.430. The zero-order valence-electron chi connectivity index (χ0n) is 18.8. The summed E-state index contributed by atoms with van der Waals surface area (Å²) in [5.41, 5.74) is 0.370. The quantitative estimate of drug-likeness (QED) is 0.607. The number of hydrogen-bond acceptors (Lipinski definition) is 6. The van der Waals surface area contributed by atoms with Gasteiger partial charge in [-0.2, -0.15) is 8.42 Å². The van der Waals surface area contributed by atoms with E-state index in [0.717, 1.165) is 5.56 Å². The predicted octanol–water partition coefficient (Wildman–Crippen LogP) is 2.68. The summed E-state index contributed by atoms with van der Waals surface area (Å²) in [7, 11) is 1.56. The van der Waals surface area contributed by atoms with Gasteiger partial charge < -0.3 is 24.0 Å². The number of nitrogens with one attached hydrogen (secondary N) is 1. The summed E-state index contributed by atoms with van der Waals surface area (Å²) in [4.78, 5) is 16.4. The normalized spacial score (nSPS) is 12.2. The number of carbonyl (C=O) groups excluding carboxylic acids is 1. The summed E-state index contributed by atoms with van der Waals surface area (Å²) in [6, 6.07) is 4.85. The Morgan fingerprint density at radius 1 is 1.14 bits per heavy atom. The standard InChI is InChI=1S/C20H35N3O5S/c1-15(2)29(25,26)28-18-13-16(9-10-17(18)27-8)14-23(12-11-22(6)7)19(24)21-20(3,4)5/h9-10,13,15H,11-12,14H2,1-8H3,(H,21,24). The van der Waals surface area contributed by atoms with Crippen LogP contribution in [-0.2, 0) is 16.7 Å². The largest absolute Gasteiger partial charge is 0.493 e. The summed E-state index contributed by atoms with van der Waals surface area (Å²) in [6.07, 6.45) is 0. The van der Waals surface area contributed by atoms with Gasteiger partial charge >= 0.3 is 16.1 Å². The van der Waals surface area contributed by atoms with Gasteiger partial charge in [-0.05, 0) is 66.4 Å². The number of carbonyl (C=O) groups is 1. The molecule has 0 saturated heterocycles. The molecule has 0 fully saturated rings. The van der Waals surface area contributed by atoms with Crippen molar-refractivity contribution in [2.24, 2.45) is 0 Å². The molecular formula is C20H35N3O5S. The van der Waals surface area contributed by atoms with Crippen molar-refractivity contribution in [1.29, 1.82) is 0 Å². The van der Waals surface area contributed by atoms with E-state index in [-0.39, 0.29) is 17.3 Å². The molecule has 0 heterocycles. The topological polar surface area (TPSA) is 88.2 Å². The van der Waals surface area contributed by atoms with Crippen LogP contribution in [0.15, 0.2) is 18.2 Å². The van der Waals surface area contributed by atoms with Crippen molar-refractivity contribution in [2.75, 3.05) is 34.3 Å². The van der Waals surface area contributed by atoms with Gasteiger partial charge in [0.25, 0.3) is 0 Å². The van der Waals surface area contributed by atoms with E-state index in [1.807, 2.05) is 39.8 Å². The van der Waals surface area contributed by atoms with Gasteiger partial charge in [-0.15, -0.1) is 0 Å². The number of rotatable bonds is 9. The summed E-state index contributed by atoms with van der Waals surface area (Å²) < 4.78 is 34.9. The second-order valence-electron chi connectivity index (χ2n) is 8.52. The SMILES string of the molecule is COc1ccc(CN(CCN(C)C)C(=O)NC(C)(C)C)cc1OS(=O)(=O)C(C)C. The number of nitrogens with zero attached hydrogens (tertiary/aromatic N) is 2. The molecule has 0 unspecified atom stereocenters. The van der Waals surface area contributed by atoms with Gasteiger partial charge in [0, 0.05) is 25.2 Å². The van der Waals surface area contributed by atoms with Crippen molar-refractivity contribution in [3.05, 3.63) is 23.8 Å². The first kappa shape index (κ1) is 25.0. The number of amides is 2. The van der Waals surface area contributed by atoms with E-state index in [9.17, 15) is 13.2 Å². The fraction of sp³-hybridized carbons (Fsp3) is 0.650. The zero-order chi connectivity index (χ0) is 22.4. The second-order valence-corrected chi connectivity index (χ2v) is 10.6. The molecule has 1 aromatic carbocycles. The number of benzene rings is 1. The van der Waals surface area contributed by atoms with E-state index in [2.05, 4.69) is 5.32 Å². The Bertz CT molecular complexity index is 786. The third-order valence-corrected chi connectivity index (χ3v) is 5.54. The van der Waals surface area contributed by atoms with E-state index < -0.39 is 15.4 Å². The molecule has 9 heteroatoms. The lowest BCUT2D eigenvalue weighted by Crippen LogP contribution is -2.49. The van der Waals surface area contributed by atoms with E-state index in [4.69, 9.17) is 8.92 Å². The third kappa shape index (κ3) is 8.49. The molecule has 0 aliphatic rings. The van der Waals surface area contributed by atoms with Gasteiger partial charge in [-0.1, -0.05) is 6.07 Å². The molecule has 0 atom stereocenters. The summed E-state index contributed by atoms with van der Waals surface area (Å²) >= 11 is 0. The van der Waals surface area contributed by atoms with E-state index in [1.165, 1.54) is 7.11 Å². The number of urea groups is 1. The number of ether oxygens (including phenoxy) is 1. The molecule has 8 nitrogen and oxygen atoms in total. The van der Waals surface area contributed by atoms with Crippen LogP contribution in [0.2, 0.25) is 0 Å². The number of hydrogen-bond donors (Lipinski definition) is 1. The Kier molecular flexibility index (Phi) is 8.77. The Labute approximate surface area is 175 Å². The maximum atomic E-state index is 12.7. The van der Waals surface area contributed by atoms with Crippen LogP contribution in [0.3, 0.4) is 0 Å². The molecule has 0 aliphatic carbocycles. The molecule has 2 amide bonds. The molecule has 29 heavy (non-hydrogen) atoms. The maximum Gasteiger partial charge on any atom is 0.318 e. The predicted molar refractivity (Wildman–Crippen MR) is 115 cm³/mol. The van der Waals surface area contributed by atoms with Crippen molar-refractivity contribution in [3.63, 3.8) is 0 Å². The van der Waals surface area contributed by atoms with Gasteiger partial charge in [-0.3, -0.25) is 0 Å². The van der Waals surface area contributed by atoms with Crippen LogP contribution in [0.1, 0.15) is 40.2 Å². The molecule has 1 N–H and O–H groups in total. The van der Waals surface area contributed by atoms with Crippen molar-refractivity contribution >= 4 is 16.1 Å². The van der Waals surface area contributed by atoms with Gasteiger partial charge in [0.15, 0.2) is 11.5 Å². The molecular weight excluding hydrogens is 394 g/mol. The number of likely N-dealkylation sites (N-methyl/N-ethyl adjacent to an activating group) is 1. The Balaban J connectivity index is 3.14. The minimum absolute atomic E-state index is 0.113. The summed E-state index contributed by atoms with van der Waals surface area (Å²) in [6.45, 7) is 10.4. The average molecular weight is 430 g/mol. The Morgan fingerprint density at radius 2 is 1.76 bits per heavy atom. The molecule has 0 aliphatic heterocycles. The highest BCUT2D eigenvalue weighted by Gasteiger charge is 2.23. The fourth-order valence-electron chi connectivity index (χ4n) is 2.30. The minimum Gasteiger partial charge on any atom is -0.493 e. The maximum absolute atomic E-state index is 12.7. The fourth-order valence-corrected chi connectivity index (χ4v) is 2.87. The van der Waals surface area contributed by atoms with Gasteiger partial charge in [0.2, 0.25) is 0 Å². The van der Waals surface area contributed by atoms with Crippen molar-refractivity contribution in [2.45, 2.75) is 52.0 Å². The minimum atomic E-state index is -3.77. The third-order valence-electron chi connectivity index (χ3n) is 3.97. The lowest BCUT2D eigenvalue weighted by atomic mass is 10.1. The zero-order valence-corrected chi connectivity index (χ0v) is 19.6. The average Bonchev–Trinajstić information content (AvgIpc) is 2.56. The van der Waals surface area contributed by atoms with Gasteiger partial charge in [0.05, 0.1) is 12.4 Å². The smallest absolute Gasteiger partial charge is 0.318 e. The molecule has 166 valence electrons. The van der Waals surface area contributed by atoms with Gasteiger partial charge in [-0.25, -0.2) is 4.79 Å². The van der Waals surface area contributed by atoms with Crippen LogP contribution < -0.4 is 14.2 Å². The van der Waals surface area contributed by atoms with E-state index >= 15 is 0 Å². The molecule has 1 aromatic rings. The highest BCUT2D eigenvalue weighted by atomic mass is 32.2. The molecule has 0 bridgehead atoms. The lowest BCUT2D eigenvalue weighted by Gasteiger charge is -2.29. The van der Waals surface area contributed by atoms with Crippen LogP contribution in [0, 0.1) is 0 Å². The molecule has 0 saturated carbocycles. The van der Waals surface area contributed by atoms with Crippen molar-refractivity contribution in [1.82, 2.24) is 15.1 Å². The monoisotopic (exact) mass is 429 g/mol. The van der Waals surface area contributed by atoms with E-state index in [0.29, 0.717) is 25.4 Å². The first-order chi connectivity index (χ1) is 13.2. The van der Waals surface area contributed by atoms with Crippen LogP contribution in [0.4, 0.5) is 4.79 Å². The van der Waals surface area contributed by atoms with Crippen LogP contribution >= 0.6 is 0 Å². The molecule has 1 rings (SSSR count). The Hall–Kier alpha value is -2.00. The molecule has 0 radical (unpaired) electrons. The second kappa shape index (κ2) is 10.2.